The normalized spacial score (nSPS) is 11.6. The molecule has 1 N–H and O–H groups in total. The minimum Gasteiger partial charge on any atom is -0.310 e. The zero-order valence-corrected chi connectivity index (χ0v) is 12.3. The van der Waals surface area contributed by atoms with E-state index < -0.39 is 0 Å². The molecule has 2 aromatic rings. The second-order valence-electron chi connectivity index (χ2n) is 5.62. The summed E-state index contributed by atoms with van der Waals surface area (Å²) in [6.45, 7) is 7.79. The van der Waals surface area contributed by atoms with Crippen LogP contribution in [0, 0.1) is 6.92 Å². The largest absolute Gasteiger partial charge is 0.310 e. The molecule has 0 aliphatic heterocycles. The molecule has 0 spiro atoms. The van der Waals surface area contributed by atoms with Crippen LogP contribution in [0.2, 0.25) is 5.02 Å². The SMILES string of the molecule is Cc1c(-c2ccccc2Cl)nc(C(C)(C)C)[nH]c1=O. The van der Waals surface area contributed by atoms with Gasteiger partial charge in [0.05, 0.1) is 5.69 Å². The predicted molar refractivity (Wildman–Crippen MR) is 78.7 cm³/mol. The quantitative estimate of drug-likeness (QED) is 0.863. The smallest absolute Gasteiger partial charge is 0.254 e. The van der Waals surface area contributed by atoms with Crippen molar-refractivity contribution < 1.29 is 0 Å². The van der Waals surface area contributed by atoms with E-state index in [1.807, 2.05) is 39.0 Å². The van der Waals surface area contributed by atoms with Crippen LogP contribution >= 0.6 is 11.6 Å². The Balaban J connectivity index is 2.74. The first-order valence-corrected chi connectivity index (χ1v) is 6.55. The highest BCUT2D eigenvalue weighted by atomic mass is 35.5. The van der Waals surface area contributed by atoms with E-state index in [1.54, 1.807) is 13.0 Å². The van der Waals surface area contributed by atoms with Gasteiger partial charge >= 0.3 is 0 Å². The molecule has 3 nitrogen and oxygen atoms in total. The number of aromatic amines is 1. The maximum absolute atomic E-state index is 12.1. The molecule has 0 amide bonds. The third-order valence-electron chi connectivity index (χ3n) is 2.99. The van der Waals surface area contributed by atoms with Gasteiger partial charge in [-0.3, -0.25) is 4.79 Å². The van der Waals surface area contributed by atoms with E-state index in [2.05, 4.69) is 9.97 Å². The van der Waals surface area contributed by atoms with Gasteiger partial charge in [0.1, 0.15) is 5.82 Å². The lowest BCUT2D eigenvalue weighted by atomic mass is 9.95. The molecule has 0 radical (unpaired) electrons. The van der Waals surface area contributed by atoms with Crippen molar-refractivity contribution in [2.45, 2.75) is 33.1 Å². The summed E-state index contributed by atoms with van der Waals surface area (Å²) in [6, 6.07) is 7.43. The van der Waals surface area contributed by atoms with E-state index in [4.69, 9.17) is 11.6 Å². The summed E-state index contributed by atoms with van der Waals surface area (Å²) in [5.74, 6) is 0.665. The maximum atomic E-state index is 12.1. The molecule has 0 saturated heterocycles. The molecule has 1 heterocycles. The van der Waals surface area contributed by atoms with Crippen molar-refractivity contribution in [2.75, 3.05) is 0 Å². The third kappa shape index (κ3) is 2.71. The highest BCUT2D eigenvalue weighted by molar-refractivity contribution is 6.33. The molecule has 4 heteroatoms. The molecular formula is C15H17ClN2O. The zero-order chi connectivity index (χ0) is 14.2. The second-order valence-corrected chi connectivity index (χ2v) is 6.03. The lowest BCUT2D eigenvalue weighted by molar-refractivity contribution is 0.542. The topological polar surface area (TPSA) is 45.8 Å². The number of H-pyrrole nitrogens is 1. The molecule has 0 bridgehead atoms. The van der Waals surface area contributed by atoms with Gasteiger partial charge < -0.3 is 4.98 Å². The highest BCUT2D eigenvalue weighted by Crippen LogP contribution is 2.28. The van der Waals surface area contributed by atoms with Crippen LogP contribution in [0.1, 0.15) is 32.2 Å². The average Bonchev–Trinajstić information content (AvgIpc) is 2.32. The van der Waals surface area contributed by atoms with Gasteiger partial charge in [0, 0.05) is 21.6 Å². The van der Waals surface area contributed by atoms with Crippen LogP contribution in [0.25, 0.3) is 11.3 Å². The van der Waals surface area contributed by atoms with E-state index in [-0.39, 0.29) is 11.0 Å². The lowest BCUT2D eigenvalue weighted by Crippen LogP contribution is -2.24. The summed E-state index contributed by atoms with van der Waals surface area (Å²) < 4.78 is 0. The summed E-state index contributed by atoms with van der Waals surface area (Å²) in [4.78, 5) is 19.5. The molecule has 0 aliphatic rings. The van der Waals surface area contributed by atoms with Crippen LogP contribution in [0.3, 0.4) is 0 Å². The summed E-state index contributed by atoms with van der Waals surface area (Å²) in [6.07, 6.45) is 0. The fraction of sp³-hybridized carbons (Fsp3) is 0.333. The van der Waals surface area contributed by atoms with Gasteiger partial charge in [-0.1, -0.05) is 50.6 Å². The van der Waals surface area contributed by atoms with Crippen molar-refractivity contribution in [1.29, 1.82) is 0 Å². The van der Waals surface area contributed by atoms with Gasteiger partial charge in [-0.25, -0.2) is 4.98 Å². The molecular weight excluding hydrogens is 260 g/mol. The number of nitrogens with one attached hydrogen (secondary N) is 1. The Hall–Kier alpha value is -1.61. The summed E-state index contributed by atoms with van der Waals surface area (Å²) in [5.41, 5.74) is 1.69. The van der Waals surface area contributed by atoms with Crippen molar-refractivity contribution in [3.8, 4) is 11.3 Å². The van der Waals surface area contributed by atoms with Crippen molar-refractivity contribution >= 4 is 11.6 Å². The van der Waals surface area contributed by atoms with Crippen molar-refractivity contribution in [3.63, 3.8) is 0 Å². The predicted octanol–water partition coefficient (Wildman–Crippen LogP) is 3.70. The van der Waals surface area contributed by atoms with Crippen LogP contribution < -0.4 is 5.56 Å². The van der Waals surface area contributed by atoms with E-state index >= 15 is 0 Å². The molecule has 0 aliphatic carbocycles. The van der Waals surface area contributed by atoms with Crippen LogP contribution in [-0.4, -0.2) is 9.97 Å². The van der Waals surface area contributed by atoms with E-state index in [0.717, 1.165) is 5.56 Å². The molecule has 1 aromatic carbocycles. The summed E-state index contributed by atoms with van der Waals surface area (Å²) in [7, 11) is 0. The molecule has 0 atom stereocenters. The molecule has 2 rings (SSSR count). The van der Waals surface area contributed by atoms with Gasteiger partial charge in [0.2, 0.25) is 0 Å². The number of halogens is 1. The Bertz CT molecular complexity index is 669. The van der Waals surface area contributed by atoms with Gasteiger partial charge in [-0.2, -0.15) is 0 Å². The molecule has 1 aromatic heterocycles. The van der Waals surface area contributed by atoms with Crippen LogP contribution in [0.4, 0.5) is 0 Å². The molecule has 0 unspecified atom stereocenters. The number of nitrogens with zero attached hydrogens (tertiary/aromatic N) is 1. The molecule has 100 valence electrons. The molecule has 19 heavy (non-hydrogen) atoms. The zero-order valence-electron chi connectivity index (χ0n) is 11.5. The molecule has 0 fully saturated rings. The lowest BCUT2D eigenvalue weighted by Gasteiger charge is -2.19. The first-order valence-electron chi connectivity index (χ1n) is 6.17. The van der Waals surface area contributed by atoms with E-state index in [1.165, 1.54) is 0 Å². The number of hydrogen-bond acceptors (Lipinski definition) is 2. The summed E-state index contributed by atoms with van der Waals surface area (Å²) >= 11 is 6.20. The first-order chi connectivity index (χ1) is 8.80. The van der Waals surface area contributed by atoms with Gasteiger partial charge in [-0.05, 0) is 13.0 Å². The fourth-order valence-electron chi connectivity index (χ4n) is 1.80. The first kappa shape index (κ1) is 13.8. The van der Waals surface area contributed by atoms with Gasteiger partial charge in [0.15, 0.2) is 0 Å². The van der Waals surface area contributed by atoms with Crippen LogP contribution in [0.5, 0.6) is 0 Å². The highest BCUT2D eigenvalue weighted by Gasteiger charge is 2.20. The summed E-state index contributed by atoms with van der Waals surface area (Å²) in [5, 5.41) is 0.601. The minimum absolute atomic E-state index is 0.116. The Kier molecular flexibility index (Phi) is 3.50. The fourth-order valence-corrected chi connectivity index (χ4v) is 2.03. The van der Waals surface area contributed by atoms with Crippen LogP contribution in [0.15, 0.2) is 29.1 Å². The number of rotatable bonds is 1. The van der Waals surface area contributed by atoms with Crippen LogP contribution in [-0.2, 0) is 5.41 Å². The maximum Gasteiger partial charge on any atom is 0.254 e. The monoisotopic (exact) mass is 276 g/mol. The number of benzene rings is 1. The number of hydrogen-bond donors (Lipinski definition) is 1. The third-order valence-corrected chi connectivity index (χ3v) is 3.32. The Labute approximate surface area is 117 Å². The Morgan fingerprint density at radius 2 is 1.84 bits per heavy atom. The van der Waals surface area contributed by atoms with Gasteiger partial charge in [-0.15, -0.1) is 0 Å². The van der Waals surface area contributed by atoms with Crippen molar-refractivity contribution in [1.82, 2.24) is 9.97 Å². The molecule has 0 saturated carbocycles. The number of aromatic nitrogens is 2. The van der Waals surface area contributed by atoms with E-state index in [9.17, 15) is 4.79 Å². The Morgan fingerprint density at radius 1 is 1.21 bits per heavy atom. The van der Waals surface area contributed by atoms with E-state index in [0.29, 0.717) is 22.1 Å². The standard InChI is InChI=1S/C15H17ClN2O/c1-9-12(10-7-5-6-8-11(10)16)17-14(15(2,3)4)18-13(9)19/h5-8H,1-4H3,(H,17,18,19). The average molecular weight is 277 g/mol. The second kappa shape index (κ2) is 4.82. The van der Waals surface area contributed by atoms with Crippen molar-refractivity contribution in [3.05, 3.63) is 51.0 Å². The van der Waals surface area contributed by atoms with Gasteiger partial charge in [0.25, 0.3) is 5.56 Å². The Morgan fingerprint density at radius 3 is 2.42 bits per heavy atom. The van der Waals surface area contributed by atoms with Crippen molar-refractivity contribution in [2.24, 2.45) is 0 Å². The minimum atomic E-state index is -0.219.